The highest BCUT2D eigenvalue weighted by molar-refractivity contribution is 5.94. The van der Waals surface area contributed by atoms with E-state index in [9.17, 15) is 4.79 Å². The first-order valence-electron chi connectivity index (χ1n) is 6.90. The SMILES string of the molecule is CCCc1ccc(C(=O)NCCc2cncnc2)cc1. The molecular weight excluding hydrogens is 250 g/mol. The summed E-state index contributed by atoms with van der Waals surface area (Å²) < 4.78 is 0. The van der Waals surface area contributed by atoms with Crippen LogP contribution in [0.2, 0.25) is 0 Å². The number of benzene rings is 1. The lowest BCUT2D eigenvalue weighted by atomic mass is 10.1. The summed E-state index contributed by atoms with van der Waals surface area (Å²) in [5, 5.41) is 2.90. The molecule has 0 unspecified atom stereocenters. The van der Waals surface area contributed by atoms with Crippen LogP contribution in [-0.2, 0) is 12.8 Å². The van der Waals surface area contributed by atoms with Gasteiger partial charge in [-0.15, -0.1) is 0 Å². The molecule has 104 valence electrons. The molecule has 0 radical (unpaired) electrons. The number of rotatable bonds is 6. The van der Waals surface area contributed by atoms with Crippen molar-refractivity contribution in [3.05, 3.63) is 59.7 Å². The Morgan fingerprint density at radius 2 is 1.75 bits per heavy atom. The van der Waals surface area contributed by atoms with Crippen molar-refractivity contribution in [2.75, 3.05) is 6.54 Å². The molecular formula is C16H19N3O. The smallest absolute Gasteiger partial charge is 0.251 e. The standard InChI is InChI=1S/C16H19N3O/c1-2-3-13-4-6-15(7-5-13)16(20)19-9-8-14-10-17-12-18-11-14/h4-7,10-12H,2-3,8-9H2,1H3,(H,19,20). The van der Waals surface area contributed by atoms with E-state index in [1.807, 2.05) is 24.3 Å². The number of carbonyl (C=O) groups excluding carboxylic acids is 1. The molecule has 0 bridgehead atoms. The van der Waals surface area contributed by atoms with Gasteiger partial charge < -0.3 is 5.32 Å². The molecule has 0 aliphatic heterocycles. The summed E-state index contributed by atoms with van der Waals surface area (Å²) in [5.74, 6) is -0.0371. The lowest BCUT2D eigenvalue weighted by Crippen LogP contribution is -2.25. The molecule has 1 heterocycles. The van der Waals surface area contributed by atoms with Gasteiger partial charge in [-0.25, -0.2) is 9.97 Å². The molecule has 0 spiro atoms. The van der Waals surface area contributed by atoms with Crippen LogP contribution in [0.15, 0.2) is 43.0 Å². The first kappa shape index (κ1) is 14.2. The van der Waals surface area contributed by atoms with Crippen LogP contribution in [0.25, 0.3) is 0 Å². The fourth-order valence-electron chi connectivity index (χ4n) is 1.99. The van der Waals surface area contributed by atoms with Gasteiger partial charge in [-0.3, -0.25) is 4.79 Å². The van der Waals surface area contributed by atoms with Crippen LogP contribution in [0, 0.1) is 0 Å². The fraction of sp³-hybridized carbons (Fsp3) is 0.312. The number of hydrogen-bond donors (Lipinski definition) is 1. The van der Waals surface area contributed by atoms with E-state index in [4.69, 9.17) is 0 Å². The topological polar surface area (TPSA) is 54.9 Å². The molecule has 1 aromatic carbocycles. The molecule has 1 N–H and O–H groups in total. The highest BCUT2D eigenvalue weighted by Gasteiger charge is 2.04. The molecule has 0 fully saturated rings. The number of nitrogens with zero attached hydrogens (tertiary/aromatic N) is 2. The predicted octanol–water partition coefficient (Wildman–Crippen LogP) is 2.40. The van der Waals surface area contributed by atoms with E-state index in [1.54, 1.807) is 12.4 Å². The Morgan fingerprint density at radius 3 is 2.40 bits per heavy atom. The summed E-state index contributed by atoms with van der Waals surface area (Å²) in [4.78, 5) is 19.8. The third-order valence-corrected chi connectivity index (χ3v) is 3.07. The molecule has 20 heavy (non-hydrogen) atoms. The Kier molecular flexibility index (Phi) is 5.24. The van der Waals surface area contributed by atoms with E-state index < -0.39 is 0 Å². The van der Waals surface area contributed by atoms with Crippen molar-refractivity contribution >= 4 is 5.91 Å². The Morgan fingerprint density at radius 1 is 1.05 bits per heavy atom. The summed E-state index contributed by atoms with van der Waals surface area (Å²) in [6.45, 7) is 2.73. The zero-order valence-electron chi connectivity index (χ0n) is 11.7. The van der Waals surface area contributed by atoms with E-state index >= 15 is 0 Å². The third-order valence-electron chi connectivity index (χ3n) is 3.07. The van der Waals surface area contributed by atoms with Crippen molar-refractivity contribution in [2.45, 2.75) is 26.2 Å². The maximum Gasteiger partial charge on any atom is 0.251 e. The molecule has 4 heteroatoms. The Hall–Kier alpha value is -2.23. The third kappa shape index (κ3) is 4.16. The van der Waals surface area contributed by atoms with Crippen LogP contribution in [0.3, 0.4) is 0 Å². The van der Waals surface area contributed by atoms with E-state index in [2.05, 4.69) is 22.2 Å². The molecule has 2 rings (SSSR count). The summed E-state index contributed by atoms with van der Waals surface area (Å²) in [7, 11) is 0. The van der Waals surface area contributed by atoms with Gasteiger partial charge in [0.05, 0.1) is 0 Å². The van der Waals surface area contributed by atoms with Crippen molar-refractivity contribution < 1.29 is 4.79 Å². The second-order valence-corrected chi connectivity index (χ2v) is 4.70. The average Bonchev–Trinajstić information content (AvgIpc) is 2.49. The van der Waals surface area contributed by atoms with Crippen molar-refractivity contribution in [3.63, 3.8) is 0 Å². The minimum absolute atomic E-state index is 0.0371. The predicted molar refractivity (Wildman–Crippen MR) is 78.5 cm³/mol. The first-order chi connectivity index (χ1) is 9.79. The van der Waals surface area contributed by atoms with Gasteiger partial charge in [0.2, 0.25) is 0 Å². The van der Waals surface area contributed by atoms with Gasteiger partial charge in [0.1, 0.15) is 6.33 Å². The molecule has 2 aromatic rings. The van der Waals surface area contributed by atoms with Gasteiger partial charge in [-0.2, -0.15) is 0 Å². The number of carbonyl (C=O) groups is 1. The van der Waals surface area contributed by atoms with Gasteiger partial charge >= 0.3 is 0 Å². The van der Waals surface area contributed by atoms with Crippen molar-refractivity contribution in [1.29, 1.82) is 0 Å². The molecule has 4 nitrogen and oxygen atoms in total. The average molecular weight is 269 g/mol. The van der Waals surface area contributed by atoms with Crippen LogP contribution in [-0.4, -0.2) is 22.4 Å². The molecule has 1 amide bonds. The van der Waals surface area contributed by atoms with Crippen LogP contribution in [0.5, 0.6) is 0 Å². The van der Waals surface area contributed by atoms with Crippen molar-refractivity contribution in [2.24, 2.45) is 0 Å². The van der Waals surface area contributed by atoms with Gasteiger partial charge in [-0.05, 0) is 36.1 Å². The second kappa shape index (κ2) is 7.38. The summed E-state index contributed by atoms with van der Waals surface area (Å²) in [6, 6.07) is 7.80. The van der Waals surface area contributed by atoms with E-state index in [-0.39, 0.29) is 5.91 Å². The first-order valence-corrected chi connectivity index (χ1v) is 6.90. The molecule has 0 aliphatic carbocycles. The lowest BCUT2D eigenvalue weighted by Gasteiger charge is -2.06. The van der Waals surface area contributed by atoms with E-state index in [0.29, 0.717) is 12.1 Å². The maximum absolute atomic E-state index is 12.0. The number of nitrogens with one attached hydrogen (secondary N) is 1. The van der Waals surface area contributed by atoms with Gasteiger partial charge in [0.25, 0.3) is 5.91 Å². The van der Waals surface area contributed by atoms with Crippen LogP contribution >= 0.6 is 0 Å². The lowest BCUT2D eigenvalue weighted by molar-refractivity contribution is 0.0954. The van der Waals surface area contributed by atoms with E-state index in [1.165, 1.54) is 11.9 Å². The monoisotopic (exact) mass is 269 g/mol. The molecule has 0 aliphatic rings. The Labute approximate surface area is 119 Å². The largest absolute Gasteiger partial charge is 0.352 e. The minimum atomic E-state index is -0.0371. The molecule has 0 saturated carbocycles. The number of aromatic nitrogens is 2. The Bertz CT molecular complexity index is 537. The highest BCUT2D eigenvalue weighted by atomic mass is 16.1. The maximum atomic E-state index is 12.0. The van der Waals surface area contributed by atoms with Crippen LogP contribution < -0.4 is 5.32 Å². The number of aryl methyl sites for hydroxylation is 1. The zero-order chi connectivity index (χ0) is 14.2. The van der Waals surface area contributed by atoms with Gasteiger partial charge in [-0.1, -0.05) is 25.5 Å². The molecule has 1 aromatic heterocycles. The second-order valence-electron chi connectivity index (χ2n) is 4.70. The molecule has 0 saturated heterocycles. The summed E-state index contributed by atoms with van der Waals surface area (Å²) in [6.07, 6.45) is 7.93. The zero-order valence-corrected chi connectivity index (χ0v) is 11.7. The summed E-state index contributed by atoms with van der Waals surface area (Å²) >= 11 is 0. The number of amides is 1. The van der Waals surface area contributed by atoms with Crippen LogP contribution in [0.4, 0.5) is 0 Å². The van der Waals surface area contributed by atoms with Crippen LogP contribution in [0.1, 0.15) is 34.8 Å². The molecule has 0 atom stereocenters. The van der Waals surface area contributed by atoms with Crippen molar-refractivity contribution in [1.82, 2.24) is 15.3 Å². The highest BCUT2D eigenvalue weighted by Crippen LogP contribution is 2.06. The Balaban J connectivity index is 1.82. The number of hydrogen-bond acceptors (Lipinski definition) is 3. The van der Waals surface area contributed by atoms with Gasteiger partial charge in [0.15, 0.2) is 0 Å². The van der Waals surface area contributed by atoms with Gasteiger partial charge in [0, 0.05) is 24.5 Å². The van der Waals surface area contributed by atoms with E-state index in [0.717, 1.165) is 24.8 Å². The summed E-state index contributed by atoms with van der Waals surface area (Å²) in [5.41, 5.74) is 2.99. The normalized spacial score (nSPS) is 10.2. The van der Waals surface area contributed by atoms with Crippen molar-refractivity contribution in [3.8, 4) is 0 Å². The minimum Gasteiger partial charge on any atom is -0.352 e. The quantitative estimate of drug-likeness (QED) is 0.876. The fourth-order valence-corrected chi connectivity index (χ4v) is 1.99.